The molecule has 18 heavy (non-hydrogen) atoms. The van der Waals surface area contributed by atoms with Gasteiger partial charge >= 0.3 is 0 Å². The molecule has 0 fully saturated rings. The van der Waals surface area contributed by atoms with Gasteiger partial charge in [-0.15, -0.1) is 0 Å². The Morgan fingerprint density at radius 3 is 2.61 bits per heavy atom. The van der Waals surface area contributed by atoms with E-state index < -0.39 is 0 Å². The highest BCUT2D eigenvalue weighted by Gasteiger charge is 2.25. The van der Waals surface area contributed by atoms with E-state index in [2.05, 4.69) is 12.2 Å². The summed E-state index contributed by atoms with van der Waals surface area (Å²) in [7, 11) is 3.22. The Morgan fingerprint density at radius 2 is 2.06 bits per heavy atom. The highest BCUT2D eigenvalue weighted by Crippen LogP contribution is 2.22. The second kappa shape index (κ2) is 6.33. The minimum absolute atomic E-state index is 0.0633. The number of Topliss-reactive ketones (excluding diaryl/α,β-unsaturated/α-hetero) is 1. The minimum Gasteiger partial charge on any atom is -0.388 e. The first-order valence-corrected chi connectivity index (χ1v) is 6.25. The summed E-state index contributed by atoms with van der Waals surface area (Å²) in [5, 5.41) is 11.2. The molecule has 0 aliphatic heterocycles. The zero-order valence-corrected chi connectivity index (χ0v) is 11.3. The van der Waals surface area contributed by atoms with Gasteiger partial charge in [-0.1, -0.05) is 6.92 Å². The van der Waals surface area contributed by atoms with Crippen LogP contribution in [0.5, 0.6) is 0 Å². The third kappa shape index (κ3) is 3.42. The number of ketones is 1. The van der Waals surface area contributed by atoms with Crippen LogP contribution >= 0.6 is 0 Å². The Kier molecular flexibility index (Phi) is 5.07. The van der Waals surface area contributed by atoms with Crippen LogP contribution in [-0.2, 0) is 9.59 Å². The number of carbonyl (C=O) groups excluding carboxylic acids is 2. The first kappa shape index (κ1) is 14.4. The highest BCUT2D eigenvalue weighted by atomic mass is 16.2. The van der Waals surface area contributed by atoms with E-state index in [1.807, 2.05) is 0 Å². The van der Waals surface area contributed by atoms with Crippen LogP contribution in [0, 0.1) is 5.41 Å². The predicted octanol–water partition coefficient (Wildman–Crippen LogP) is 1.10. The fourth-order valence-corrected chi connectivity index (χ4v) is 1.87. The number of carbonyl (C=O) groups is 2. The first-order valence-electron chi connectivity index (χ1n) is 6.25. The average molecular weight is 251 g/mol. The van der Waals surface area contributed by atoms with Gasteiger partial charge in [0.25, 0.3) is 5.91 Å². The Morgan fingerprint density at radius 1 is 1.39 bits per heavy atom. The van der Waals surface area contributed by atoms with Crippen molar-refractivity contribution in [2.45, 2.75) is 32.6 Å². The second-order valence-corrected chi connectivity index (χ2v) is 4.67. The minimum atomic E-state index is -0.351. The summed E-state index contributed by atoms with van der Waals surface area (Å²) < 4.78 is 0. The van der Waals surface area contributed by atoms with Gasteiger partial charge < -0.3 is 10.2 Å². The van der Waals surface area contributed by atoms with E-state index in [0.717, 1.165) is 18.7 Å². The Bertz CT molecular complexity index is 397. The zero-order chi connectivity index (χ0) is 13.7. The lowest BCUT2D eigenvalue weighted by Gasteiger charge is -2.22. The molecule has 1 aliphatic carbocycles. The third-order valence-corrected chi connectivity index (χ3v) is 2.90. The maximum Gasteiger partial charge on any atom is 0.271 e. The summed E-state index contributed by atoms with van der Waals surface area (Å²) in [6.07, 6.45) is 2.28. The molecule has 0 saturated heterocycles. The molecule has 0 aromatic carbocycles. The topological polar surface area (TPSA) is 73.3 Å². The summed E-state index contributed by atoms with van der Waals surface area (Å²) in [4.78, 5) is 24.7. The maximum absolute atomic E-state index is 11.8. The molecule has 5 heteroatoms. The van der Waals surface area contributed by atoms with Gasteiger partial charge in [-0.2, -0.15) is 0 Å². The van der Waals surface area contributed by atoms with Crippen molar-refractivity contribution >= 4 is 17.4 Å². The van der Waals surface area contributed by atoms with Crippen LogP contribution < -0.4 is 5.32 Å². The zero-order valence-electron chi connectivity index (χ0n) is 11.3. The molecule has 100 valence electrons. The monoisotopic (exact) mass is 251 g/mol. The van der Waals surface area contributed by atoms with Gasteiger partial charge in [-0.3, -0.25) is 15.0 Å². The quantitative estimate of drug-likeness (QED) is 0.719. The normalized spacial score (nSPS) is 15.6. The van der Waals surface area contributed by atoms with Gasteiger partial charge in [-0.05, 0) is 12.8 Å². The fourth-order valence-electron chi connectivity index (χ4n) is 1.87. The van der Waals surface area contributed by atoms with Crippen LogP contribution in [-0.4, -0.2) is 42.9 Å². The molecule has 0 radical (unpaired) electrons. The Balaban J connectivity index is 2.95. The standard InChI is InChI=1S/C13H21N3O2/c1-4-7-15-11-6-5-9(17)8-10(11)12(14)13(18)16(2)3/h14-15H,4-8H2,1-3H3. The number of nitrogens with zero attached hydrogens (tertiary/aromatic N) is 1. The van der Waals surface area contributed by atoms with E-state index >= 15 is 0 Å². The Hall–Kier alpha value is -1.65. The molecule has 0 unspecified atom stereocenters. The summed E-state index contributed by atoms with van der Waals surface area (Å²) in [6.45, 7) is 2.86. The molecule has 0 aromatic rings. The molecule has 5 nitrogen and oxygen atoms in total. The van der Waals surface area contributed by atoms with Crippen molar-refractivity contribution < 1.29 is 9.59 Å². The molecule has 0 heterocycles. The molecule has 0 atom stereocenters. The van der Waals surface area contributed by atoms with Gasteiger partial charge in [0, 0.05) is 44.8 Å². The molecule has 0 spiro atoms. The van der Waals surface area contributed by atoms with Crippen molar-refractivity contribution in [2.24, 2.45) is 0 Å². The maximum atomic E-state index is 11.8. The number of allylic oxidation sites excluding steroid dienone is 1. The number of amides is 1. The van der Waals surface area contributed by atoms with Crippen LogP contribution in [0.2, 0.25) is 0 Å². The molecule has 2 N–H and O–H groups in total. The lowest BCUT2D eigenvalue weighted by Crippen LogP contribution is -2.34. The lowest BCUT2D eigenvalue weighted by molar-refractivity contribution is -0.121. The predicted molar refractivity (Wildman–Crippen MR) is 70.6 cm³/mol. The largest absolute Gasteiger partial charge is 0.388 e. The van der Waals surface area contributed by atoms with Crippen molar-refractivity contribution in [1.29, 1.82) is 5.41 Å². The highest BCUT2D eigenvalue weighted by molar-refractivity contribution is 6.44. The average Bonchev–Trinajstić information content (AvgIpc) is 2.35. The van der Waals surface area contributed by atoms with E-state index in [0.29, 0.717) is 18.4 Å². The smallest absolute Gasteiger partial charge is 0.271 e. The molecule has 1 amide bonds. The van der Waals surface area contributed by atoms with Gasteiger partial charge in [0.2, 0.25) is 0 Å². The van der Waals surface area contributed by atoms with Crippen LogP contribution in [0.4, 0.5) is 0 Å². The van der Waals surface area contributed by atoms with E-state index in [-0.39, 0.29) is 23.8 Å². The molecule has 1 rings (SSSR count). The molecule has 0 bridgehead atoms. The van der Waals surface area contributed by atoms with Crippen molar-refractivity contribution in [3.63, 3.8) is 0 Å². The van der Waals surface area contributed by atoms with Gasteiger partial charge in [-0.25, -0.2) is 0 Å². The summed E-state index contributed by atoms with van der Waals surface area (Å²) in [5.41, 5.74) is 1.39. The SMILES string of the molecule is CCCNC1=C(C(=N)C(=O)N(C)C)CC(=O)CC1. The van der Waals surface area contributed by atoms with Gasteiger partial charge in [0.15, 0.2) is 0 Å². The van der Waals surface area contributed by atoms with Crippen molar-refractivity contribution in [2.75, 3.05) is 20.6 Å². The number of nitrogens with one attached hydrogen (secondary N) is 2. The van der Waals surface area contributed by atoms with Gasteiger partial charge in [0.05, 0.1) is 0 Å². The van der Waals surface area contributed by atoms with Crippen LogP contribution in [0.1, 0.15) is 32.6 Å². The number of hydrogen-bond acceptors (Lipinski definition) is 4. The van der Waals surface area contributed by atoms with Crippen molar-refractivity contribution in [3.05, 3.63) is 11.3 Å². The molecule has 1 aliphatic rings. The van der Waals surface area contributed by atoms with E-state index in [9.17, 15) is 9.59 Å². The van der Waals surface area contributed by atoms with E-state index in [1.165, 1.54) is 4.90 Å². The Labute approximate surface area is 108 Å². The lowest BCUT2D eigenvalue weighted by atomic mass is 9.91. The molecule has 0 saturated carbocycles. The van der Waals surface area contributed by atoms with Crippen molar-refractivity contribution in [3.8, 4) is 0 Å². The summed E-state index contributed by atoms with van der Waals surface area (Å²) in [6, 6.07) is 0. The van der Waals surface area contributed by atoms with Crippen LogP contribution in [0.3, 0.4) is 0 Å². The molecular weight excluding hydrogens is 230 g/mol. The van der Waals surface area contributed by atoms with Crippen LogP contribution in [0.15, 0.2) is 11.3 Å². The van der Waals surface area contributed by atoms with E-state index in [4.69, 9.17) is 5.41 Å². The van der Waals surface area contributed by atoms with Crippen molar-refractivity contribution in [1.82, 2.24) is 10.2 Å². The summed E-state index contributed by atoms with van der Waals surface area (Å²) >= 11 is 0. The number of rotatable bonds is 5. The third-order valence-electron chi connectivity index (χ3n) is 2.90. The van der Waals surface area contributed by atoms with E-state index in [1.54, 1.807) is 14.1 Å². The fraction of sp³-hybridized carbons (Fsp3) is 0.615. The van der Waals surface area contributed by atoms with Crippen LogP contribution in [0.25, 0.3) is 0 Å². The number of hydrogen-bond donors (Lipinski definition) is 2. The molecular formula is C13H21N3O2. The first-order chi connectivity index (χ1) is 8.47. The van der Waals surface area contributed by atoms with Gasteiger partial charge in [0.1, 0.15) is 11.5 Å². The summed E-state index contributed by atoms with van der Waals surface area (Å²) in [5.74, 6) is -0.251. The second-order valence-electron chi connectivity index (χ2n) is 4.67. The molecule has 0 aromatic heterocycles.